The van der Waals surface area contributed by atoms with Crippen LogP contribution in [-0.4, -0.2) is 18.4 Å². The predicted molar refractivity (Wildman–Crippen MR) is 101 cm³/mol. The molecule has 0 amide bonds. The topological polar surface area (TPSA) is 65.4 Å². The van der Waals surface area contributed by atoms with Crippen LogP contribution in [0.4, 0.5) is 0 Å². The van der Waals surface area contributed by atoms with Gasteiger partial charge in [-0.25, -0.2) is 12.4 Å². The predicted octanol–water partition coefficient (Wildman–Crippen LogP) is 4.22. The molecule has 0 radical (unpaired) electrons. The third kappa shape index (κ3) is 3.65. The van der Waals surface area contributed by atoms with Gasteiger partial charge in [0.1, 0.15) is 5.75 Å². The second-order valence-corrected chi connectivity index (χ2v) is 9.15. The van der Waals surface area contributed by atoms with E-state index in [0.717, 1.165) is 0 Å². The summed E-state index contributed by atoms with van der Waals surface area (Å²) in [5.41, 5.74) is 0.281. The molecule has 0 atom stereocenters. The molecule has 0 aliphatic heterocycles. The molecule has 0 saturated carbocycles. The molecule has 6 heteroatoms. The number of esters is 1. The average Bonchev–Trinajstić information content (AvgIpc) is 3.00. The Bertz CT molecular complexity index is 1040. The van der Waals surface area contributed by atoms with E-state index < -0.39 is 10.0 Å². The molecule has 5 nitrogen and oxygen atoms in total. The molecule has 0 spiro atoms. The molecule has 3 rings (SSSR count). The fourth-order valence-corrected chi connectivity index (χ4v) is 4.08. The summed E-state index contributed by atoms with van der Waals surface area (Å²) in [5.74, 6) is 0.0161. The second-order valence-electron chi connectivity index (χ2n) is 7.33. The van der Waals surface area contributed by atoms with Gasteiger partial charge in [0, 0.05) is 11.6 Å². The first-order valence-corrected chi connectivity index (χ1v) is 9.74. The minimum atomic E-state index is -3.72. The summed E-state index contributed by atoms with van der Waals surface area (Å²) < 4.78 is 32.5. The van der Waals surface area contributed by atoms with Gasteiger partial charge in [0.2, 0.25) is 0 Å². The highest BCUT2D eigenvalue weighted by atomic mass is 32.2. The number of benzene rings is 2. The van der Waals surface area contributed by atoms with E-state index >= 15 is 0 Å². The zero-order chi connectivity index (χ0) is 18.9. The minimum Gasteiger partial charge on any atom is -0.426 e. The Hall–Kier alpha value is -2.60. The lowest BCUT2D eigenvalue weighted by atomic mass is 9.92. The van der Waals surface area contributed by atoms with E-state index in [-0.39, 0.29) is 22.7 Å². The molecule has 0 bridgehead atoms. The Kier molecular flexibility index (Phi) is 4.63. The lowest BCUT2D eigenvalue weighted by Gasteiger charge is -2.16. The quantitative estimate of drug-likeness (QED) is 0.509. The summed E-state index contributed by atoms with van der Waals surface area (Å²) in [7, 11) is -3.72. The zero-order valence-electron chi connectivity index (χ0n) is 15.0. The molecule has 0 saturated heterocycles. The van der Waals surface area contributed by atoms with Crippen molar-refractivity contribution in [1.29, 1.82) is 0 Å². The fraction of sp³-hybridized carbons (Fsp3) is 0.250. The van der Waals surface area contributed by atoms with Crippen LogP contribution >= 0.6 is 0 Å². The van der Waals surface area contributed by atoms with Gasteiger partial charge in [0.25, 0.3) is 10.0 Å². The van der Waals surface area contributed by atoms with E-state index in [0.29, 0.717) is 16.7 Å². The zero-order valence-corrected chi connectivity index (χ0v) is 15.8. The maximum atomic E-state index is 12.9. The number of rotatable bonds is 4. The van der Waals surface area contributed by atoms with Crippen molar-refractivity contribution in [2.24, 2.45) is 5.41 Å². The van der Waals surface area contributed by atoms with Gasteiger partial charge in [-0.15, -0.1) is 0 Å². The molecule has 0 aliphatic rings. The van der Waals surface area contributed by atoms with Crippen LogP contribution in [0.3, 0.4) is 0 Å². The van der Waals surface area contributed by atoms with Crippen LogP contribution < -0.4 is 4.74 Å². The van der Waals surface area contributed by atoms with Gasteiger partial charge >= 0.3 is 5.97 Å². The summed E-state index contributed by atoms with van der Waals surface area (Å²) in [4.78, 5) is 12.4. The van der Waals surface area contributed by atoms with Crippen molar-refractivity contribution < 1.29 is 17.9 Å². The maximum Gasteiger partial charge on any atom is 0.311 e. The Balaban J connectivity index is 2.01. The molecule has 3 aromatic rings. The molecule has 0 fully saturated rings. The number of aromatic nitrogens is 1. The minimum absolute atomic E-state index is 0.187. The van der Waals surface area contributed by atoms with Crippen LogP contribution in [-0.2, 0) is 14.8 Å². The Morgan fingerprint density at radius 2 is 1.69 bits per heavy atom. The molecule has 1 heterocycles. The van der Waals surface area contributed by atoms with Crippen LogP contribution in [0.1, 0.15) is 27.2 Å². The van der Waals surface area contributed by atoms with Gasteiger partial charge in [0.15, 0.2) is 0 Å². The number of nitrogens with zero attached hydrogens (tertiary/aromatic N) is 1. The Labute approximate surface area is 153 Å². The fourth-order valence-electron chi connectivity index (χ4n) is 2.71. The van der Waals surface area contributed by atoms with Crippen molar-refractivity contribution in [2.75, 3.05) is 0 Å². The highest BCUT2D eigenvalue weighted by Crippen LogP contribution is 2.30. The van der Waals surface area contributed by atoms with E-state index in [1.54, 1.807) is 54.6 Å². The van der Waals surface area contributed by atoms with E-state index in [1.165, 1.54) is 10.2 Å². The lowest BCUT2D eigenvalue weighted by molar-refractivity contribution is -0.136. The van der Waals surface area contributed by atoms with E-state index in [9.17, 15) is 13.2 Å². The van der Waals surface area contributed by atoms with Crippen molar-refractivity contribution >= 4 is 26.9 Å². The number of hydrogen-bond acceptors (Lipinski definition) is 4. The van der Waals surface area contributed by atoms with Crippen molar-refractivity contribution in [3.8, 4) is 5.75 Å². The molecule has 0 unspecified atom stereocenters. The SMILES string of the molecule is CC(C)(C)CC(=O)Oc1cccc2c1ccn2S(=O)(=O)c1ccccc1. The summed E-state index contributed by atoms with van der Waals surface area (Å²) in [5, 5.41) is 0.578. The summed E-state index contributed by atoms with van der Waals surface area (Å²) in [6.45, 7) is 5.87. The number of carbonyl (C=O) groups is 1. The third-order valence-corrected chi connectivity index (χ3v) is 5.56. The van der Waals surface area contributed by atoms with Gasteiger partial charge in [-0.3, -0.25) is 4.79 Å². The van der Waals surface area contributed by atoms with Crippen LogP contribution in [0.15, 0.2) is 65.7 Å². The van der Waals surface area contributed by atoms with E-state index in [2.05, 4.69) is 0 Å². The number of ether oxygens (including phenoxy) is 1. The highest BCUT2D eigenvalue weighted by Gasteiger charge is 2.22. The van der Waals surface area contributed by atoms with Gasteiger partial charge in [-0.2, -0.15) is 0 Å². The van der Waals surface area contributed by atoms with Crippen molar-refractivity contribution in [3.63, 3.8) is 0 Å². The van der Waals surface area contributed by atoms with Crippen molar-refractivity contribution in [2.45, 2.75) is 32.1 Å². The average molecular weight is 371 g/mol. The van der Waals surface area contributed by atoms with Crippen LogP contribution in [0, 0.1) is 5.41 Å². The largest absolute Gasteiger partial charge is 0.426 e. The van der Waals surface area contributed by atoms with Crippen LogP contribution in [0.5, 0.6) is 5.75 Å². The first kappa shape index (κ1) is 18.2. The molecule has 2 aromatic carbocycles. The van der Waals surface area contributed by atoms with Gasteiger partial charge < -0.3 is 4.74 Å². The summed E-state index contributed by atoms with van der Waals surface area (Å²) in [6, 6.07) is 14.9. The first-order valence-electron chi connectivity index (χ1n) is 8.30. The van der Waals surface area contributed by atoms with E-state index in [1.807, 2.05) is 20.8 Å². The molecule has 26 heavy (non-hydrogen) atoms. The van der Waals surface area contributed by atoms with Gasteiger partial charge in [-0.1, -0.05) is 45.0 Å². The second kappa shape index (κ2) is 6.61. The lowest BCUT2D eigenvalue weighted by Crippen LogP contribution is -2.17. The van der Waals surface area contributed by atoms with Gasteiger partial charge in [0.05, 0.1) is 16.8 Å². The normalized spacial score (nSPS) is 12.3. The summed E-state index contributed by atoms with van der Waals surface area (Å²) >= 11 is 0. The maximum absolute atomic E-state index is 12.9. The van der Waals surface area contributed by atoms with Gasteiger partial charge in [-0.05, 0) is 35.7 Å². The molecular formula is C20H21NO4S. The highest BCUT2D eigenvalue weighted by molar-refractivity contribution is 7.90. The molecular weight excluding hydrogens is 350 g/mol. The standard InChI is InChI=1S/C20H21NO4S/c1-20(2,3)14-19(22)25-18-11-7-10-17-16(18)12-13-21(17)26(23,24)15-8-5-4-6-9-15/h4-13H,14H2,1-3H3. The first-order chi connectivity index (χ1) is 12.2. The van der Waals surface area contributed by atoms with Crippen molar-refractivity contribution in [1.82, 2.24) is 3.97 Å². The molecule has 1 aromatic heterocycles. The number of hydrogen-bond donors (Lipinski definition) is 0. The molecule has 136 valence electrons. The monoisotopic (exact) mass is 371 g/mol. The Morgan fingerprint density at radius 3 is 2.35 bits per heavy atom. The molecule has 0 aliphatic carbocycles. The third-order valence-electron chi connectivity index (χ3n) is 3.86. The Morgan fingerprint density at radius 1 is 1.00 bits per heavy atom. The van der Waals surface area contributed by atoms with E-state index in [4.69, 9.17) is 4.74 Å². The summed E-state index contributed by atoms with van der Waals surface area (Å²) in [6.07, 6.45) is 1.75. The number of fused-ring (bicyclic) bond motifs is 1. The van der Waals surface area contributed by atoms with Crippen LogP contribution in [0.2, 0.25) is 0 Å². The van der Waals surface area contributed by atoms with Crippen molar-refractivity contribution in [3.05, 3.63) is 60.8 Å². The molecule has 0 N–H and O–H groups in total. The van der Waals surface area contributed by atoms with Crippen LogP contribution in [0.25, 0.3) is 10.9 Å². The smallest absolute Gasteiger partial charge is 0.311 e. The number of carbonyl (C=O) groups excluding carboxylic acids is 1.